The van der Waals surface area contributed by atoms with Gasteiger partial charge in [-0.3, -0.25) is 0 Å². The number of aryl methyl sites for hydroxylation is 2. The van der Waals surface area contributed by atoms with Crippen LogP contribution in [0.25, 0.3) is 0 Å². The van der Waals surface area contributed by atoms with Crippen molar-refractivity contribution in [2.75, 3.05) is 44.4 Å². The van der Waals surface area contributed by atoms with E-state index in [0.29, 0.717) is 32.0 Å². The van der Waals surface area contributed by atoms with E-state index in [1.165, 1.54) is 12.1 Å². The van der Waals surface area contributed by atoms with Crippen molar-refractivity contribution in [3.8, 4) is 5.75 Å². The summed E-state index contributed by atoms with van der Waals surface area (Å²) in [5.74, 6) is 0.130. The first-order valence-electron chi connectivity index (χ1n) is 9.63. The first-order chi connectivity index (χ1) is 14.3. The zero-order chi connectivity index (χ0) is 21.7. The van der Waals surface area contributed by atoms with Crippen LogP contribution < -0.4 is 14.8 Å². The monoisotopic (exact) mass is 434 g/mol. The van der Waals surface area contributed by atoms with Gasteiger partial charge < -0.3 is 19.1 Å². The lowest BCUT2D eigenvalue weighted by Crippen LogP contribution is -2.37. The maximum absolute atomic E-state index is 12.8. The van der Waals surface area contributed by atoms with E-state index in [2.05, 4.69) is 0 Å². The molecule has 0 saturated carbocycles. The number of para-hydroxylation sites is 1. The number of carbonyl (C=O) groups is 1. The Balaban J connectivity index is 1.73. The second-order valence-electron chi connectivity index (χ2n) is 7.03. The van der Waals surface area contributed by atoms with Crippen LogP contribution in [0.5, 0.6) is 5.75 Å². The van der Waals surface area contributed by atoms with Crippen molar-refractivity contribution in [1.82, 2.24) is 0 Å². The molecule has 1 saturated heterocycles. The van der Waals surface area contributed by atoms with Gasteiger partial charge in [0.25, 0.3) is 0 Å². The molecular formula is C21H26N2O6S. The highest BCUT2D eigenvalue weighted by molar-refractivity contribution is 7.89. The summed E-state index contributed by atoms with van der Waals surface area (Å²) < 4.78 is 40.0. The maximum atomic E-state index is 12.8. The number of nitrogens with two attached hydrogens (primary N) is 1. The van der Waals surface area contributed by atoms with Crippen LogP contribution in [0.1, 0.15) is 21.5 Å². The molecule has 0 unspecified atom stereocenters. The molecule has 8 nitrogen and oxygen atoms in total. The minimum Gasteiger partial charge on any atom is -0.489 e. The van der Waals surface area contributed by atoms with Crippen LogP contribution in [0.4, 0.5) is 5.69 Å². The van der Waals surface area contributed by atoms with Crippen molar-refractivity contribution in [3.63, 3.8) is 0 Å². The van der Waals surface area contributed by atoms with E-state index in [-0.39, 0.29) is 23.7 Å². The predicted octanol–water partition coefficient (Wildman–Crippen LogP) is 2.02. The second-order valence-corrected chi connectivity index (χ2v) is 8.59. The highest BCUT2D eigenvalue weighted by Crippen LogP contribution is 2.26. The number of hydrogen-bond donors (Lipinski definition) is 1. The van der Waals surface area contributed by atoms with E-state index < -0.39 is 16.0 Å². The van der Waals surface area contributed by atoms with Crippen molar-refractivity contribution in [2.24, 2.45) is 5.14 Å². The largest absolute Gasteiger partial charge is 0.489 e. The summed E-state index contributed by atoms with van der Waals surface area (Å²) in [6.45, 7) is 6.32. The summed E-state index contributed by atoms with van der Waals surface area (Å²) in [5.41, 5.74) is 2.73. The van der Waals surface area contributed by atoms with Crippen molar-refractivity contribution < 1.29 is 27.4 Å². The van der Waals surface area contributed by atoms with Crippen LogP contribution in [0.3, 0.4) is 0 Å². The van der Waals surface area contributed by atoms with Crippen LogP contribution in [-0.4, -0.2) is 53.9 Å². The van der Waals surface area contributed by atoms with Crippen molar-refractivity contribution in [2.45, 2.75) is 18.7 Å². The number of nitrogens with zero attached hydrogens (tertiary/aromatic N) is 1. The number of esters is 1. The Morgan fingerprint density at radius 2 is 1.77 bits per heavy atom. The van der Waals surface area contributed by atoms with E-state index in [1.807, 2.05) is 36.9 Å². The quantitative estimate of drug-likeness (QED) is 0.525. The molecule has 0 atom stereocenters. The molecule has 0 spiro atoms. The first kappa shape index (κ1) is 22.1. The topological polar surface area (TPSA) is 108 Å². The molecule has 9 heteroatoms. The molecule has 0 aliphatic carbocycles. The Bertz CT molecular complexity index is 996. The van der Waals surface area contributed by atoms with Gasteiger partial charge in [-0.1, -0.05) is 18.2 Å². The maximum Gasteiger partial charge on any atom is 0.340 e. The molecular weight excluding hydrogens is 408 g/mol. The summed E-state index contributed by atoms with van der Waals surface area (Å²) in [5, 5.41) is 5.24. The van der Waals surface area contributed by atoms with Gasteiger partial charge in [-0.15, -0.1) is 0 Å². The highest BCUT2D eigenvalue weighted by atomic mass is 32.2. The van der Waals surface area contributed by atoms with Crippen LogP contribution in [-0.2, 0) is 19.5 Å². The standard InChI is InChI=1S/C21H26N2O6S/c1-15-4-3-5-16(2)20(15)28-12-13-29-21(24)18-14-17(30(22,25)26)6-7-19(18)23-8-10-27-11-9-23/h3-7,14H,8-13H2,1-2H3,(H2,22,25,26). The molecule has 1 heterocycles. The molecule has 0 amide bonds. The van der Waals surface area contributed by atoms with Crippen LogP contribution in [0.15, 0.2) is 41.3 Å². The lowest BCUT2D eigenvalue weighted by molar-refractivity contribution is 0.0449. The van der Waals surface area contributed by atoms with Gasteiger partial charge in [-0.2, -0.15) is 0 Å². The lowest BCUT2D eigenvalue weighted by atomic mass is 10.1. The normalized spacial score (nSPS) is 14.4. The van der Waals surface area contributed by atoms with Gasteiger partial charge >= 0.3 is 5.97 Å². The molecule has 1 fully saturated rings. The second kappa shape index (κ2) is 9.46. The molecule has 2 aromatic carbocycles. The Labute approximate surface area is 176 Å². The minimum atomic E-state index is -3.95. The van der Waals surface area contributed by atoms with Crippen LogP contribution >= 0.6 is 0 Å². The van der Waals surface area contributed by atoms with Gasteiger partial charge in [-0.25, -0.2) is 18.4 Å². The Morgan fingerprint density at radius 3 is 2.40 bits per heavy atom. The molecule has 1 aliphatic rings. The summed E-state index contributed by atoms with van der Waals surface area (Å²) in [6.07, 6.45) is 0. The molecule has 0 aromatic heterocycles. The highest BCUT2D eigenvalue weighted by Gasteiger charge is 2.22. The third-order valence-corrected chi connectivity index (χ3v) is 5.75. The number of sulfonamides is 1. The van der Waals surface area contributed by atoms with Crippen molar-refractivity contribution in [3.05, 3.63) is 53.1 Å². The van der Waals surface area contributed by atoms with Crippen molar-refractivity contribution in [1.29, 1.82) is 0 Å². The van der Waals surface area contributed by atoms with Gasteiger partial charge in [0.15, 0.2) is 0 Å². The molecule has 2 aromatic rings. The number of rotatable bonds is 7. The van der Waals surface area contributed by atoms with Gasteiger partial charge in [0, 0.05) is 13.1 Å². The van der Waals surface area contributed by atoms with Crippen LogP contribution in [0.2, 0.25) is 0 Å². The average molecular weight is 435 g/mol. The number of benzene rings is 2. The first-order valence-corrected chi connectivity index (χ1v) is 11.2. The predicted molar refractivity (Wildman–Crippen MR) is 113 cm³/mol. The van der Waals surface area contributed by atoms with E-state index in [4.69, 9.17) is 19.3 Å². The number of primary sulfonamides is 1. The minimum absolute atomic E-state index is 0.0226. The molecule has 30 heavy (non-hydrogen) atoms. The number of hydrogen-bond acceptors (Lipinski definition) is 7. The molecule has 0 radical (unpaired) electrons. The molecule has 0 bridgehead atoms. The summed E-state index contributed by atoms with van der Waals surface area (Å²) in [4.78, 5) is 14.6. The molecule has 1 aliphatic heterocycles. The van der Waals surface area contributed by atoms with Gasteiger partial charge in [0.1, 0.15) is 19.0 Å². The van der Waals surface area contributed by atoms with E-state index in [0.717, 1.165) is 16.9 Å². The zero-order valence-electron chi connectivity index (χ0n) is 17.1. The number of ether oxygens (including phenoxy) is 3. The fraction of sp³-hybridized carbons (Fsp3) is 0.381. The van der Waals surface area contributed by atoms with Gasteiger partial charge in [0.05, 0.1) is 29.4 Å². The molecule has 162 valence electrons. The third kappa shape index (κ3) is 5.29. The zero-order valence-corrected chi connectivity index (χ0v) is 17.9. The van der Waals surface area contributed by atoms with Crippen LogP contribution in [0, 0.1) is 13.8 Å². The summed E-state index contributed by atoms with van der Waals surface area (Å²) in [6, 6.07) is 10.1. The third-order valence-electron chi connectivity index (χ3n) is 4.84. The van der Waals surface area contributed by atoms with E-state index in [9.17, 15) is 13.2 Å². The SMILES string of the molecule is Cc1cccc(C)c1OCCOC(=O)c1cc(S(N)(=O)=O)ccc1N1CCOCC1. The number of anilines is 1. The number of carbonyl (C=O) groups excluding carboxylic acids is 1. The van der Waals surface area contributed by atoms with E-state index in [1.54, 1.807) is 6.07 Å². The van der Waals surface area contributed by atoms with Crippen molar-refractivity contribution >= 4 is 21.7 Å². The van der Waals surface area contributed by atoms with E-state index >= 15 is 0 Å². The van der Waals surface area contributed by atoms with Gasteiger partial charge in [-0.05, 0) is 43.2 Å². The average Bonchev–Trinajstić information content (AvgIpc) is 2.72. The number of morpholine rings is 1. The van der Waals surface area contributed by atoms with Gasteiger partial charge in [0.2, 0.25) is 10.0 Å². The Hall–Kier alpha value is -2.62. The fourth-order valence-electron chi connectivity index (χ4n) is 3.32. The summed E-state index contributed by atoms with van der Waals surface area (Å²) in [7, 11) is -3.95. The smallest absolute Gasteiger partial charge is 0.340 e. The Morgan fingerprint density at radius 1 is 1.10 bits per heavy atom. The fourth-order valence-corrected chi connectivity index (χ4v) is 3.86. The lowest BCUT2D eigenvalue weighted by Gasteiger charge is -2.30. The Kier molecular flexibility index (Phi) is 6.96. The summed E-state index contributed by atoms with van der Waals surface area (Å²) >= 11 is 0. The molecule has 2 N–H and O–H groups in total. The molecule has 3 rings (SSSR count).